The van der Waals surface area contributed by atoms with Crippen LogP contribution in [0.2, 0.25) is 0 Å². The molecule has 1 aliphatic carbocycles. The fourth-order valence-corrected chi connectivity index (χ4v) is 4.20. The van der Waals surface area contributed by atoms with Gasteiger partial charge < -0.3 is 5.32 Å². The molecule has 1 fully saturated rings. The maximum atomic E-state index is 12.7. The Morgan fingerprint density at radius 3 is 2.60 bits per heavy atom. The number of alkyl halides is 3. The van der Waals surface area contributed by atoms with Crippen LogP contribution in [-0.2, 0) is 6.18 Å². The second-order valence-electron chi connectivity index (χ2n) is 6.17. The van der Waals surface area contributed by atoms with Gasteiger partial charge in [0, 0.05) is 17.1 Å². The first-order valence-electron chi connectivity index (χ1n) is 6.96. The van der Waals surface area contributed by atoms with Crippen LogP contribution < -0.4 is 5.32 Å². The van der Waals surface area contributed by atoms with E-state index < -0.39 is 11.2 Å². The topological polar surface area (TPSA) is 24.9 Å². The first-order valence-corrected chi connectivity index (χ1v) is 7.77. The van der Waals surface area contributed by atoms with Crippen LogP contribution in [0.15, 0.2) is 6.20 Å². The molecule has 2 nitrogen and oxygen atoms in total. The van der Waals surface area contributed by atoms with Gasteiger partial charge >= 0.3 is 6.18 Å². The van der Waals surface area contributed by atoms with Crippen molar-refractivity contribution in [1.29, 1.82) is 0 Å². The van der Waals surface area contributed by atoms with E-state index in [0.717, 1.165) is 30.6 Å². The molecule has 2 atom stereocenters. The fraction of sp³-hybridized carbons (Fsp3) is 0.786. The van der Waals surface area contributed by atoms with Gasteiger partial charge in [0.15, 0.2) is 5.01 Å². The molecule has 0 aliphatic heterocycles. The van der Waals surface area contributed by atoms with Crippen molar-refractivity contribution in [2.45, 2.75) is 51.7 Å². The van der Waals surface area contributed by atoms with E-state index in [0.29, 0.717) is 10.8 Å². The smallest absolute Gasteiger partial charge is 0.312 e. The summed E-state index contributed by atoms with van der Waals surface area (Å²) in [6.07, 6.45) is 1.58. The molecule has 0 aromatic carbocycles. The molecule has 1 aromatic heterocycles. The van der Waals surface area contributed by atoms with Crippen molar-refractivity contribution >= 4 is 11.3 Å². The SMILES string of the molecule is CNC(c1cnc(C(F)(F)F)s1)C1CCCCC1(C)C. The van der Waals surface area contributed by atoms with Crippen molar-refractivity contribution in [3.63, 3.8) is 0 Å². The van der Waals surface area contributed by atoms with E-state index in [1.807, 2.05) is 7.05 Å². The highest BCUT2D eigenvalue weighted by atomic mass is 32.1. The van der Waals surface area contributed by atoms with Gasteiger partial charge in [0.1, 0.15) is 0 Å². The molecular formula is C14H21F3N2S. The van der Waals surface area contributed by atoms with E-state index in [1.54, 1.807) is 0 Å². The van der Waals surface area contributed by atoms with Gasteiger partial charge in [-0.2, -0.15) is 13.2 Å². The summed E-state index contributed by atoms with van der Waals surface area (Å²) in [6.45, 7) is 4.43. The third-order valence-electron chi connectivity index (χ3n) is 4.38. The van der Waals surface area contributed by atoms with E-state index in [1.165, 1.54) is 12.6 Å². The van der Waals surface area contributed by atoms with Crippen molar-refractivity contribution in [2.75, 3.05) is 7.05 Å². The molecule has 6 heteroatoms. The highest BCUT2D eigenvalue weighted by Crippen LogP contribution is 2.48. The minimum absolute atomic E-state index is 0.0427. The molecule has 1 aromatic rings. The molecule has 0 bridgehead atoms. The quantitative estimate of drug-likeness (QED) is 0.880. The molecule has 20 heavy (non-hydrogen) atoms. The van der Waals surface area contributed by atoms with E-state index in [9.17, 15) is 13.2 Å². The lowest BCUT2D eigenvalue weighted by Gasteiger charge is -2.42. The Hall–Kier alpha value is -0.620. The van der Waals surface area contributed by atoms with E-state index in [-0.39, 0.29) is 11.5 Å². The van der Waals surface area contributed by atoms with Gasteiger partial charge in [-0.1, -0.05) is 26.7 Å². The molecule has 2 unspecified atom stereocenters. The lowest BCUT2D eigenvalue weighted by Crippen LogP contribution is -2.37. The first-order chi connectivity index (χ1) is 9.25. The highest BCUT2D eigenvalue weighted by molar-refractivity contribution is 7.11. The minimum atomic E-state index is -4.34. The summed E-state index contributed by atoms with van der Waals surface area (Å²) in [7, 11) is 1.82. The van der Waals surface area contributed by atoms with Crippen LogP contribution in [0.4, 0.5) is 13.2 Å². The largest absolute Gasteiger partial charge is 0.443 e. The molecular weight excluding hydrogens is 285 g/mol. The van der Waals surface area contributed by atoms with Crippen molar-refractivity contribution in [2.24, 2.45) is 11.3 Å². The number of nitrogens with zero attached hydrogens (tertiary/aromatic N) is 1. The number of thiazole rings is 1. The lowest BCUT2D eigenvalue weighted by atomic mass is 9.65. The van der Waals surface area contributed by atoms with E-state index >= 15 is 0 Å². The Kier molecular flexibility index (Phi) is 4.44. The predicted octanol–water partition coefficient (Wildman–Crippen LogP) is 4.64. The monoisotopic (exact) mass is 306 g/mol. The zero-order chi connectivity index (χ0) is 15.0. The number of rotatable bonds is 3. The number of hydrogen-bond acceptors (Lipinski definition) is 3. The van der Waals surface area contributed by atoms with Crippen LogP contribution in [0.5, 0.6) is 0 Å². The molecule has 114 valence electrons. The highest BCUT2D eigenvalue weighted by Gasteiger charge is 2.40. The van der Waals surface area contributed by atoms with Crippen LogP contribution in [0.25, 0.3) is 0 Å². The second kappa shape index (κ2) is 5.64. The van der Waals surface area contributed by atoms with Gasteiger partial charge in [0.25, 0.3) is 0 Å². The Balaban J connectivity index is 2.26. The Morgan fingerprint density at radius 2 is 2.10 bits per heavy atom. The summed E-state index contributed by atoms with van der Waals surface area (Å²) in [6, 6.07) is -0.0427. The number of nitrogens with one attached hydrogen (secondary N) is 1. The van der Waals surface area contributed by atoms with Gasteiger partial charge in [-0.3, -0.25) is 0 Å². The Morgan fingerprint density at radius 1 is 1.40 bits per heavy atom. The van der Waals surface area contributed by atoms with Gasteiger partial charge in [-0.15, -0.1) is 11.3 Å². The molecule has 0 amide bonds. The molecule has 0 spiro atoms. The maximum absolute atomic E-state index is 12.7. The number of hydrogen-bond donors (Lipinski definition) is 1. The van der Waals surface area contributed by atoms with Crippen molar-refractivity contribution < 1.29 is 13.2 Å². The van der Waals surface area contributed by atoms with Crippen LogP contribution in [-0.4, -0.2) is 12.0 Å². The van der Waals surface area contributed by atoms with E-state index in [4.69, 9.17) is 0 Å². The van der Waals surface area contributed by atoms with Crippen LogP contribution in [0, 0.1) is 11.3 Å². The molecule has 1 N–H and O–H groups in total. The predicted molar refractivity (Wildman–Crippen MR) is 74.7 cm³/mol. The Bertz CT molecular complexity index is 454. The van der Waals surface area contributed by atoms with E-state index in [2.05, 4.69) is 24.1 Å². The van der Waals surface area contributed by atoms with Crippen LogP contribution in [0.1, 0.15) is 55.5 Å². The number of aromatic nitrogens is 1. The zero-order valence-corrected chi connectivity index (χ0v) is 12.9. The molecule has 0 radical (unpaired) electrons. The molecule has 0 saturated heterocycles. The third-order valence-corrected chi connectivity index (χ3v) is 5.50. The second-order valence-corrected chi connectivity index (χ2v) is 7.23. The van der Waals surface area contributed by atoms with Crippen molar-refractivity contribution in [3.05, 3.63) is 16.1 Å². The summed E-state index contributed by atoms with van der Waals surface area (Å²) in [5.74, 6) is 0.350. The zero-order valence-electron chi connectivity index (χ0n) is 12.0. The third kappa shape index (κ3) is 3.17. The van der Waals surface area contributed by atoms with Gasteiger partial charge in [-0.25, -0.2) is 4.98 Å². The standard InChI is InChI=1S/C14H21F3N2S/c1-13(2)7-5-4-6-9(13)11(18-3)10-8-19-12(20-10)14(15,16)17/h8-9,11,18H,4-7H2,1-3H3. The van der Waals surface area contributed by atoms with Crippen molar-refractivity contribution in [1.82, 2.24) is 10.3 Å². The van der Waals surface area contributed by atoms with Crippen LogP contribution >= 0.6 is 11.3 Å². The summed E-state index contributed by atoms with van der Waals surface area (Å²) in [4.78, 5) is 4.25. The summed E-state index contributed by atoms with van der Waals surface area (Å²) in [5, 5.41) is 2.46. The maximum Gasteiger partial charge on any atom is 0.443 e. The fourth-order valence-electron chi connectivity index (χ4n) is 3.24. The normalized spacial score (nSPS) is 24.6. The minimum Gasteiger partial charge on any atom is -0.312 e. The summed E-state index contributed by atoms with van der Waals surface area (Å²) < 4.78 is 38.1. The average molecular weight is 306 g/mol. The molecule has 1 aliphatic rings. The molecule has 1 heterocycles. The van der Waals surface area contributed by atoms with Gasteiger partial charge in [0.2, 0.25) is 0 Å². The van der Waals surface area contributed by atoms with Gasteiger partial charge in [0.05, 0.1) is 0 Å². The number of halogens is 3. The average Bonchev–Trinajstić information content (AvgIpc) is 2.81. The summed E-state index contributed by atoms with van der Waals surface area (Å²) >= 11 is 0.768. The molecule has 2 rings (SSSR count). The molecule has 1 saturated carbocycles. The summed E-state index contributed by atoms with van der Waals surface area (Å²) in [5.41, 5.74) is 0.147. The lowest BCUT2D eigenvalue weighted by molar-refractivity contribution is -0.137. The van der Waals surface area contributed by atoms with Gasteiger partial charge in [-0.05, 0) is 31.2 Å². The Labute approximate surface area is 121 Å². The van der Waals surface area contributed by atoms with Crippen molar-refractivity contribution in [3.8, 4) is 0 Å². The first kappa shape index (κ1) is 15.8. The van der Waals surface area contributed by atoms with Crippen LogP contribution in [0.3, 0.4) is 0 Å².